The summed E-state index contributed by atoms with van der Waals surface area (Å²) in [6.45, 7) is 8.54. The van der Waals surface area contributed by atoms with Gasteiger partial charge in [0.05, 0.1) is 17.8 Å². The Balaban J connectivity index is 1.68. The lowest BCUT2D eigenvalue weighted by atomic mass is 9.98. The molecule has 0 aliphatic heterocycles. The number of amides is 1. The predicted molar refractivity (Wildman–Crippen MR) is 138 cm³/mol. The fourth-order valence-electron chi connectivity index (χ4n) is 4.95. The van der Waals surface area contributed by atoms with Crippen LogP contribution >= 0.6 is 11.6 Å². The zero-order valence-electron chi connectivity index (χ0n) is 20.6. The Morgan fingerprint density at radius 3 is 2.38 bits per heavy atom. The molecule has 178 valence electrons. The SMILES string of the molecule is Cc1cc(OCCCc2c(C(N)=O)n(C)c3c(-c4c(C)nn(C)c4C)cccc23)cc(C)c1Cl. The maximum atomic E-state index is 12.5. The smallest absolute Gasteiger partial charge is 0.265 e. The second kappa shape index (κ2) is 9.18. The van der Waals surface area contributed by atoms with Crippen LogP contribution < -0.4 is 10.5 Å². The number of nitrogens with two attached hydrogens (primary N) is 1. The summed E-state index contributed by atoms with van der Waals surface area (Å²) < 4.78 is 9.82. The van der Waals surface area contributed by atoms with Gasteiger partial charge in [-0.05, 0) is 69.4 Å². The lowest BCUT2D eigenvalue weighted by molar-refractivity contribution is 0.0992. The molecule has 0 radical (unpaired) electrons. The highest BCUT2D eigenvalue weighted by Gasteiger charge is 2.23. The van der Waals surface area contributed by atoms with Crippen molar-refractivity contribution in [3.63, 3.8) is 0 Å². The summed E-state index contributed by atoms with van der Waals surface area (Å²) in [6, 6.07) is 10.1. The van der Waals surface area contributed by atoms with Gasteiger partial charge in [-0.2, -0.15) is 5.10 Å². The molecule has 4 aromatic rings. The van der Waals surface area contributed by atoms with Crippen LogP contribution in [0.5, 0.6) is 5.75 Å². The second-order valence-corrected chi connectivity index (χ2v) is 9.32. The number of para-hydroxylation sites is 1. The molecule has 0 unspecified atom stereocenters. The van der Waals surface area contributed by atoms with Crippen LogP contribution in [0.15, 0.2) is 30.3 Å². The minimum Gasteiger partial charge on any atom is -0.494 e. The van der Waals surface area contributed by atoms with Crippen LogP contribution in [0.25, 0.3) is 22.0 Å². The van der Waals surface area contributed by atoms with E-state index in [1.54, 1.807) is 0 Å². The van der Waals surface area contributed by atoms with E-state index in [1.165, 1.54) is 0 Å². The molecule has 0 saturated carbocycles. The molecule has 4 rings (SSSR count). The molecule has 2 heterocycles. The first kappa shape index (κ1) is 23.9. The summed E-state index contributed by atoms with van der Waals surface area (Å²) >= 11 is 6.27. The number of nitrogens with zero attached hydrogens (tertiary/aromatic N) is 3. The molecule has 0 saturated heterocycles. The van der Waals surface area contributed by atoms with Crippen molar-refractivity contribution < 1.29 is 9.53 Å². The van der Waals surface area contributed by atoms with Crippen molar-refractivity contribution in [2.75, 3.05) is 6.61 Å². The number of carbonyl (C=O) groups is 1. The summed E-state index contributed by atoms with van der Waals surface area (Å²) in [4.78, 5) is 12.5. The number of aromatic nitrogens is 3. The van der Waals surface area contributed by atoms with Crippen molar-refractivity contribution in [3.05, 3.63) is 69.1 Å². The molecule has 1 amide bonds. The van der Waals surface area contributed by atoms with Crippen molar-refractivity contribution in [2.45, 2.75) is 40.5 Å². The van der Waals surface area contributed by atoms with Gasteiger partial charge in [0.1, 0.15) is 11.4 Å². The highest BCUT2D eigenvalue weighted by atomic mass is 35.5. The van der Waals surface area contributed by atoms with Crippen molar-refractivity contribution in [2.24, 2.45) is 19.8 Å². The van der Waals surface area contributed by atoms with Gasteiger partial charge in [-0.1, -0.05) is 29.8 Å². The lowest BCUT2D eigenvalue weighted by Gasteiger charge is -2.10. The topological polar surface area (TPSA) is 75.1 Å². The van der Waals surface area contributed by atoms with Crippen LogP contribution in [0.4, 0.5) is 0 Å². The Hall–Kier alpha value is -3.25. The summed E-state index contributed by atoms with van der Waals surface area (Å²) in [6.07, 6.45) is 1.42. The van der Waals surface area contributed by atoms with Gasteiger partial charge in [-0.25, -0.2) is 0 Å². The Morgan fingerprint density at radius 1 is 1.12 bits per heavy atom. The highest BCUT2D eigenvalue weighted by Crippen LogP contribution is 2.37. The molecule has 0 aliphatic carbocycles. The summed E-state index contributed by atoms with van der Waals surface area (Å²) in [5.41, 5.74) is 14.5. The van der Waals surface area contributed by atoms with Crippen LogP contribution in [-0.4, -0.2) is 26.9 Å². The minimum atomic E-state index is -0.427. The van der Waals surface area contributed by atoms with Crippen LogP contribution in [0.3, 0.4) is 0 Å². The highest BCUT2D eigenvalue weighted by molar-refractivity contribution is 6.32. The van der Waals surface area contributed by atoms with Gasteiger partial charge in [0.15, 0.2) is 0 Å². The second-order valence-electron chi connectivity index (χ2n) is 8.94. The Morgan fingerprint density at radius 2 is 1.79 bits per heavy atom. The number of fused-ring (bicyclic) bond motifs is 1. The van der Waals surface area contributed by atoms with E-state index in [4.69, 9.17) is 22.1 Å². The average molecular weight is 479 g/mol. The van der Waals surface area contributed by atoms with E-state index in [0.717, 1.165) is 67.3 Å². The third-order valence-electron chi connectivity index (χ3n) is 6.58. The number of benzene rings is 2. The monoisotopic (exact) mass is 478 g/mol. The third kappa shape index (κ3) is 4.07. The van der Waals surface area contributed by atoms with Crippen LogP contribution in [0.1, 0.15) is 45.0 Å². The number of carbonyl (C=O) groups excluding carboxylic acids is 1. The molecule has 0 atom stereocenters. The first-order valence-corrected chi connectivity index (χ1v) is 11.8. The van der Waals surface area contributed by atoms with Crippen LogP contribution in [0, 0.1) is 27.7 Å². The standard InChI is InChI=1S/C27H31ClN4O2/c1-15-13-19(14-16(2)24(15)28)34-12-8-11-21-20-9-7-10-22(23-17(3)30-32(6)18(23)4)25(20)31(5)26(21)27(29)33/h7,9-10,13-14H,8,11-12H2,1-6H3,(H2,29,33). The molecule has 2 aromatic carbocycles. The number of hydrogen-bond acceptors (Lipinski definition) is 3. The molecule has 2 aromatic heterocycles. The van der Waals surface area contributed by atoms with E-state index in [1.807, 2.05) is 62.3 Å². The maximum Gasteiger partial charge on any atom is 0.265 e. The number of primary amides is 1. The molecule has 6 nitrogen and oxygen atoms in total. The molecule has 0 fully saturated rings. The van der Waals surface area contributed by atoms with Gasteiger partial charge in [0.2, 0.25) is 0 Å². The van der Waals surface area contributed by atoms with Gasteiger partial charge >= 0.3 is 0 Å². The van der Waals surface area contributed by atoms with E-state index in [0.29, 0.717) is 18.7 Å². The molecule has 2 N–H and O–H groups in total. The van der Waals surface area contributed by atoms with Gasteiger partial charge in [0.25, 0.3) is 5.91 Å². The molecular formula is C27H31ClN4O2. The number of hydrogen-bond donors (Lipinski definition) is 1. The quantitative estimate of drug-likeness (QED) is 0.352. The zero-order chi connectivity index (χ0) is 24.7. The zero-order valence-corrected chi connectivity index (χ0v) is 21.4. The first-order valence-electron chi connectivity index (χ1n) is 11.4. The molecular weight excluding hydrogens is 448 g/mol. The number of aryl methyl sites for hydroxylation is 6. The third-order valence-corrected chi connectivity index (χ3v) is 7.18. The van der Waals surface area contributed by atoms with Crippen LogP contribution in [-0.2, 0) is 20.5 Å². The van der Waals surface area contributed by atoms with Gasteiger partial charge in [0, 0.05) is 41.3 Å². The minimum absolute atomic E-state index is 0.427. The van der Waals surface area contributed by atoms with Crippen molar-refractivity contribution in [1.29, 1.82) is 0 Å². The van der Waals surface area contributed by atoms with Gasteiger partial charge in [-0.3, -0.25) is 9.48 Å². The van der Waals surface area contributed by atoms with Gasteiger partial charge < -0.3 is 15.0 Å². The normalized spacial score (nSPS) is 11.4. The number of halogens is 1. The van der Waals surface area contributed by atoms with E-state index in [9.17, 15) is 4.79 Å². The molecule has 0 bridgehead atoms. The van der Waals surface area contributed by atoms with Crippen molar-refractivity contribution >= 4 is 28.4 Å². The fraction of sp³-hybridized carbons (Fsp3) is 0.333. The molecule has 7 heteroatoms. The fourth-order valence-corrected chi connectivity index (χ4v) is 5.06. The van der Waals surface area contributed by atoms with Gasteiger partial charge in [-0.15, -0.1) is 0 Å². The van der Waals surface area contributed by atoms with Crippen LogP contribution in [0.2, 0.25) is 5.02 Å². The average Bonchev–Trinajstić information content (AvgIpc) is 3.21. The first-order chi connectivity index (χ1) is 16.1. The Kier molecular flexibility index (Phi) is 6.45. The van der Waals surface area contributed by atoms with E-state index in [-0.39, 0.29) is 0 Å². The van der Waals surface area contributed by atoms with E-state index in [2.05, 4.69) is 24.2 Å². The predicted octanol–water partition coefficient (Wildman–Crippen LogP) is 5.58. The van der Waals surface area contributed by atoms with Crippen molar-refractivity contribution in [3.8, 4) is 16.9 Å². The van der Waals surface area contributed by atoms with Crippen molar-refractivity contribution in [1.82, 2.24) is 14.3 Å². The van der Waals surface area contributed by atoms with E-state index >= 15 is 0 Å². The summed E-state index contributed by atoms with van der Waals surface area (Å²) in [5, 5.41) is 6.39. The van der Waals surface area contributed by atoms with E-state index < -0.39 is 5.91 Å². The summed E-state index contributed by atoms with van der Waals surface area (Å²) in [5.74, 6) is 0.376. The largest absolute Gasteiger partial charge is 0.494 e. The lowest BCUT2D eigenvalue weighted by Crippen LogP contribution is -2.17. The molecule has 0 spiro atoms. The summed E-state index contributed by atoms with van der Waals surface area (Å²) in [7, 11) is 3.85. The number of ether oxygens (including phenoxy) is 1. The Labute approximate surface area is 205 Å². The molecule has 0 aliphatic rings. The Bertz CT molecular complexity index is 1390. The number of rotatable bonds is 7. The maximum absolute atomic E-state index is 12.5. The molecule has 34 heavy (non-hydrogen) atoms.